The molecule has 2 rings (SSSR count). The third-order valence-electron chi connectivity index (χ3n) is 2.78. The molecule has 0 aliphatic carbocycles. The maximum Gasteiger partial charge on any atom is 0.338 e. The molecule has 6 heteroatoms. The Balaban J connectivity index is 2.10. The maximum atomic E-state index is 12.0. The van der Waals surface area contributed by atoms with Crippen molar-refractivity contribution < 1.29 is 9.59 Å². The van der Waals surface area contributed by atoms with Gasteiger partial charge in [-0.3, -0.25) is 10.2 Å². The van der Waals surface area contributed by atoms with Gasteiger partial charge in [0.1, 0.15) is 0 Å². The molecule has 0 bridgehead atoms. The standard InChI is InChI=1S/C15H14ClN3O2/c16-13-9-5-4-6-11(13)10-14(20)18-19(15(17)21)12-7-2-1-3-8-12/h1-9H,10H2,(H2,17,21)(H,18,20). The second-order valence-electron chi connectivity index (χ2n) is 4.31. The van der Waals surface area contributed by atoms with Crippen molar-refractivity contribution in [3.8, 4) is 0 Å². The van der Waals surface area contributed by atoms with Gasteiger partial charge >= 0.3 is 6.03 Å². The number of rotatable bonds is 3. The molecular formula is C15H14ClN3O2. The van der Waals surface area contributed by atoms with Crippen LogP contribution in [-0.2, 0) is 11.2 Å². The monoisotopic (exact) mass is 303 g/mol. The molecule has 3 N–H and O–H groups in total. The zero-order chi connectivity index (χ0) is 15.2. The first-order valence-electron chi connectivity index (χ1n) is 6.25. The molecule has 0 spiro atoms. The number of carbonyl (C=O) groups is 2. The van der Waals surface area contributed by atoms with Crippen LogP contribution in [0, 0.1) is 0 Å². The van der Waals surface area contributed by atoms with E-state index in [1.54, 1.807) is 54.6 Å². The van der Waals surface area contributed by atoms with Gasteiger partial charge in [0, 0.05) is 5.02 Å². The molecule has 0 radical (unpaired) electrons. The van der Waals surface area contributed by atoms with Gasteiger partial charge in [0.15, 0.2) is 0 Å². The number of amides is 3. The Hall–Kier alpha value is -2.53. The Kier molecular flexibility index (Phi) is 4.79. The minimum absolute atomic E-state index is 0.0519. The van der Waals surface area contributed by atoms with Crippen LogP contribution >= 0.6 is 11.6 Å². The van der Waals surface area contributed by atoms with Crippen molar-refractivity contribution >= 4 is 29.2 Å². The second kappa shape index (κ2) is 6.76. The summed E-state index contributed by atoms with van der Waals surface area (Å²) in [7, 11) is 0. The molecule has 0 aliphatic heterocycles. The quantitative estimate of drug-likeness (QED) is 0.855. The highest BCUT2D eigenvalue weighted by Gasteiger charge is 2.16. The van der Waals surface area contributed by atoms with E-state index >= 15 is 0 Å². The smallest absolute Gasteiger partial charge is 0.338 e. The summed E-state index contributed by atoms with van der Waals surface area (Å²) in [6, 6.07) is 14.9. The van der Waals surface area contributed by atoms with Crippen molar-refractivity contribution in [2.45, 2.75) is 6.42 Å². The van der Waals surface area contributed by atoms with Crippen molar-refractivity contribution in [1.82, 2.24) is 5.43 Å². The van der Waals surface area contributed by atoms with Crippen LogP contribution in [0.5, 0.6) is 0 Å². The van der Waals surface area contributed by atoms with Crippen LogP contribution < -0.4 is 16.2 Å². The Morgan fingerprint density at radius 2 is 1.67 bits per heavy atom. The third-order valence-corrected chi connectivity index (χ3v) is 3.15. The summed E-state index contributed by atoms with van der Waals surface area (Å²) >= 11 is 6.00. The lowest BCUT2D eigenvalue weighted by Crippen LogP contribution is -2.49. The normalized spacial score (nSPS) is 9.95. The molecule has 0 aromatic heterocycles. The van der Waals surface area contributed by atoms with Gasteiger partial charge in [-0.05, 0) is 23.8 Å². The molecule has 0 atom stereocenters. The molecular weight excluding hydrogens is 290 g/mol. The third kappa shape index (κ3) is 3.97. The zero-order valence-electron chi connectivity index (χ0n) is 11.1. The summed E-state index contributed by atoms with van der Waals surface area (Å²) in [5.41, 5.74) is 8.92. The van der Waals surface area contributed by atoms with E-state index in [1.165, 1.54) is 0 Å². The van der Waals surface area contributed by atoms with Crippen molar-refractivity contribution in [3.63, 3.8) is 0 Å². The molecule has 2 aromatic carbocycles. The Labute approximate surface area is 127 Å². The summed E-state index contributed by atoms with van der Waals surface area (Å²) in [5, 5.41) is 1.50. The van der Waals surface area contributed by atoms with Crippen LogP contribution in [0.25, 0.3) is 0 Å². The highest BCUT2D eigenvalue weighted by Crippen LogP contribution is 2.16. The van der Waals surface area contributed by atoms with Gasteiger partial charge in [-0.15, -0.1) is 0 Å². The summed E-state index contributed by atoms with van der Waals surface area (Å²) in [6.45, 7) is 0. The average Bonchev–Trinajstić information content (AvgIpc) is 2.48. The molecule has 0 heterocycles. The first-order valence-corrected chi connectivity index (χ1v) is 6.63. The van der Waals surface area contributed by atoms with Crippen molar-refractivity contribution in [2.24, 2.45) is 5.73 Å². The van der Waals surface area contributed by atoms with E-state index in [4.69, 9.17) is 17.3 Å². The van der Waals surface area contributed by atoms with E-state index in [9.17, 15) is 9.59 Å². The summed E-state index contributed by atoms with van der Waals surface area (Å²) in [4.78, 5) is 23.5. The number of nitrogens with one attached hydrogen (secondary N) is 1. The number of para-hydroxylation sites is 1. The van der Waals surface area contributed by atoms with E-state index in [-0.39, 0.29) is 12.3 Å². The first-order chi connectivity index (χ1) is 10.1. The van der Waals surface area contributed by atoms with Crippen LogP contribution in [0.15, 0.2) is 54.6 Å². The summed E-state index contributed by atoms with van der Waals surface area (Å²) in [5.74, 6) is -0.384. The molecule has 5 nitrogen and oxygen atoms in total. The topological polar surface area (TPSA) is 75.4 Å². The Morgan fingerprint density at radius 1 is 1.05 bits per heavy atom. The number of benzene rings is 2. The van der Waals surface area contributed by atoms with Crippen molar-refractivity contribution in [1.29, 1.82) is 0 Å². The molecule has 21 heavy (non-hydrogen) atoms. The second-order valence-corrected chi connectivity index (χ2v) is 4.72. The number of nitrogens with zero attached hydrogens (tertiary/aromatic N) is 1. The van der Waals surface area contributed by atoms with Crippen LogP contribution in [0.4, 0.5) is 10.5 Å². The fourth-order valence-corrected chi connectivity index (χ4v) is 2.01. The molecule has 0 saturated carbocycles. The number of urea groups is 1. The van der Waals surface area contributed by atoms with Crippen LogP contribution in [-0.4, -0.2) is 11.9 Å². The van der Waals surface area contributed by atoms with Crippen LogP contribution in [0.3, 0.4) is 0 Å². The minimum Gasteiger partial charge on any atom is -0.350 e. The lowest BCUT2D eigenvalue weighted by molar-refractivity contribution is -0.120. The minimum atomic E-state index is -0.770. The average molecular weight is 304 g/mol. The molecule has 3 amide bonds. The van der Waals surface area contributed by atoms with Gasteiger partial charge in [0.05, 0.1) is 12.1 Å². The maximum absolute atomic E-state index is 12.0. The number of hydrogen-bond acceptors (Lipinski definition) is 2. The van der Waals surface area contributed by atoms with Gasteiger partial charge in [-0.2, -0.15) is 0 Å². The fraction of sp³-hybridized carbons (Fsp3) is 0.0667. The predicted octanol–water partition coefficient (Wildman–Crippen LogP) is 2.50. The number of halogens is 1. The van der Waals surface area contributed by atoms with E-state index in [1.807, 2.05) is 0 Å². The van der Waals surface area contributed by atoms with Gasteiger partial charge in [0.25, 0.3) is 0 Å². The van der Waals surface area contributed by atoms with Gasteiger partial charge in [-0.25, -0.2) is 9.80 Å². The zero-order valence-corrected chi connectivity index (χ0v) is 11.9. The highest BCUT2D eigenvalue weighted by atomic mass is 35.5. The van der Waals surface area contributed by atoms with Crippen LogP contribution in [0.2, 0.25) is 5.02 Å². The van der Waals surface area contributed by atoms with Gasteiger partial charge in [0.2, 0.25) is 5.91 Å². The molecule has 2 aromatic rings. The molecule has 108 valence electrons. The predicted molar refractivity (Wildman–Crippen MR) is 81.8 cm³/mol. The number of hydrogen-bond donors (Lipinski definition) is 2. The van der Waals surface area contributed by atoms with E-state index in [0.717, 1.165) is 5.01 Å². The van der Waals surface area contributed by atoms with Crippen molar-refractivity contribution in [2.75, 3.05) is 5.01 Å². The number of anilines is 1. The number of primary amides is 1. The van der Waals surface area contributed by atoms with Gasteiger partial charge in [-0.1, -0.05) is 48.0 Å². The highest BCUT2D eigenvalue weighted by molar-refractivity contribution is 6.31. The van der Waals surface area contributed by atoms with Gasteiger partial charge < -0.3 is 5.73 Å². The summed E-state index contributed by atoms with van der Waals surface area (Å²) < 4.78 is 0. The van der Waals surface area contributed by atoms with E-state index in [0.29, 0.717) is 16.3 Å². The largest absolute Gasteiger partial charge is 0.350 e. The molecule has 0 aliphatic rings. The lowest BCUT2D eigenvalue weighted by atomic mass is 10.1. The Bertz CT molecular complexity index is 646. The Morgan fingerprint density at radius 3 is 2.29 bits per heavy atom. The van der Waals surface area contributed by atoms with Crippen molar-refractivity contribution in [3.05, 3.63) is 65.2 Å². The molecule has 0 saturated heterocycles. The summed E-state index contributed by atoms with van der Waals surface area (Å²) in [6.07, 6.45) is 0.0519. The molecule has 0 unspecified atom stereocenters. The van der Waals surface area contributed by atoms with E-state index < -0.39 is 6.03 Å². The number of carbonyl (C=O) groups excluding carboxylic acids is 2. The lowest BCUT2D eigenvalue weighted by Gasteiger charge is -2.21. The number of nitrogens with two attached hydrogens (primary N) is 1. The molecule has 0 fully saturated rings. The number of hydrazine groups is 1. The van der Waals surface area contributed by atoms with E-state index in [2.05, 4.69) is 5.43 Å². The fourth-order valence-electron chi connectivity index (χ4n) is 1.80. The van der Waals surface area contributed by atoms with Crippen LogP contribution in [0.1, 0.15) is 5.56 Å². The SMILES string of the molecule is NC(=O)N(NC(=O)Cc1ccccc1Cl)c1ccccc1. The first kappa shape index (κ1) is 14.9.